The first-order valence-electron chi connectivity index (χ1n) is 4.65. The molecule has 0 aromatic carbocycles. The average Bonchev–Trinajstić information content (AvgIpc) is 2.14. The molecule has 0 saturated heterocycles. The van der Waals surface area contributed by atoms with Crippen LogP contribution in [-0.4, -0.2) is 18.6 Å². The molecule has 2 amide bonds. The average molecular weight is 183 g/mol. The fourth-order valence-corrected chi connectivity index (χ4v) is 0.961. The molecule has 0 fully saturated rings. The van der Waals surface area contributed by atoms with Gasteiger partial charge in [0.05, 0.1) is 12.5 Å². The van der Waals surface area contributed by atoms with E-state index in [1.165, 1.54) is 0 Å². The van der Waals surface area contributed by atoms with Crippen LogP contribution in [0, 0.1) is 11.3 Å². The lowest BCUT2D eigenvalue weighted by molar-refractivity contribution is 0.236. The van der Waals surface area contributed by atoms with Gasteiger partial charge in [-0.05, 0) is 12.8 Å². The standard InChI is InChI=1S/C9H17N3O/c1-3-8(4-2)12-9(13)11-7-5-6-10/h8H,3-5,7H2,1-2H3,(H2,11,12,13). The Morgan fingerprint density at radius 1 is 1.46 bits per heavy atom. The lowest BCUT2D eigenvalue weighted by Gasteiger charge is -2.14. The van der Waals surface area contributed by atoms with Crippen molar-refractivity contribution in [3.63, 3.8) is 0 Å². The Bertz CT molecular complexity index is 182. The van der Waals surface area contributed by atoms with Gasteiger partial charge in [0.15, 0.2) is 0 Å². The third kappa shape index (κ3) is 5.97. The van der Waals surface area contributed by atoms with Crippen LogP contribution in [0.25, 0.3) is 0 Å². The van der Waals surface area contributed by atoms with Crippen LogP contribution in [-0.2, 0) is 0 Å². The third-order valence-electron chi connectivity index (χ3n) is 1.84. The molecular formula is C9H17N3O. The molecule has 0 heterocycles. The number of hydrogen-bond donors (Lipinski definition) is 2. The van der Waals surface area contributed by atoms with E-state index in [0.29, 0.717) is 13.0 Å². The topological polar surface area (TPSA) is 64.9 Å². The first-order chi connectivity index (χ1) is 6.24. The highest BCUT2D eigenvalue weighted by molar-refractivity contribution is 5.74. The lowest BCUT2D eigenvalue weighted by Crippen LogP contribution is -2.41. The fraction of sp³-hybridized carbons (Fsp3) is 0.778. The van der Waals surface area contributed by atoms with E-state index in [4.69, 9.17) is 5.26 Å². The quantitative estimate of drug-likeness (QED) is 0.632. The summed E-state index contributed by atoms with van der Waals surface area (Å²) in [6.45, 7) is 4.48. The van der Waals surface area contributed by atoms with E-state index in [0.717, 1.165) is 12.8 Å². The molecule has 4 heteroatoms. The highest BCUT2D eigenvalue weighted by Gasteiger charge is 2.06. The summed E-state index contributed by atoms with van der Waals surface area (Å²) < 4.78 is 0. The van der Waals surface area contributed by atoms with Crippen LogP contribution in [0.4, 0.5) is 4.79 Å². The van der Waals surface area contributed by atoms with Crippen LogP contribution in [0.15, 0.2) is 0 Å². The molecule has 0 rings (SSSR count). The maximum absolute atomic E-state index is 11.1. The second-order valence-electron chi connectivity index (χ2n) is 2.82. The maximum Gasteiger partial charge on any atom is 0.315 e. The fourth-order valence-electron chi connectivity index (χ4n) is 0.961. The van der Waals surface area contributed by atoms with Crippen molar-refractivity contribution in [1.29, 1.82) is 5.26 Å². The molecule has 0 unspecified atom stereocenters. The van der Waals surface area contributed by atoms with E-state index in [1.54, 1.807) is 0 Å². The van der Waals surface area contributed by atoms with Crippen molar-refractivity contribution in [2.45, 2.75) is 39.2 Å². The zero-order valence-electron chi connectivity index (χ0n) is 8.26. The van der Waals surface area contributed by atoms with Gasteiger partial charge in [-0.3, -0.25) is 0 Å². The Kier molecular flexibility index (Phi) is 6.70. The Hall–Kier alpha value is -1.24. The molecule has 4 nitrogen and oxygen atoms in total. The maximum atomic E-state index is 11.1. The van der Waals surface area contributed by atoms with E-state index < -0.39 is 0 Å². The van der Waals surface area contributed by atoms with Crippen LogP contribution in [0.2, 0.25) is 0 Å². The minimum absolute atomic E-state index is 0.177. The molecule has 13 heavy (non-hydrogen) atoms. The Labute approximate surface area is 79.3 Å². The van der Waals surface area contributed by atoms with Gasteiger partial charge < -0.3 is 10.6 Å². The molecule has 2 N–H and O–H groups in total. The first kappa shape index (κ1) is 11.8. The molecule has 0 aliphatic heterocycles. The highest BCUT2D eigenvalue weighted by Crippen LogP contribution is 1.94. The molecule has 0 saturated carbocycles. The smallest absolute Gasteiger partial charge is 0.315 e. The summed E-state index contributed by atoms with van der Waals surface area (Å²) in [6, 6.07) is 2.02. The molecule has 0 atom stereocenters. The molecule has 0 aromatic rings. The van der Waals surface area contributed by atoms with Gasteiger partial charge in [-0.15, -0.1) is 0 Å². The number of hydrogen-bond acceptors (Lipinski definition) is 2. The van der Waals surface area contributed by atoms with Gasteiger partial charge in [0, 0.05) is 12.6 Å². The third-order valence-corrected chi connectivity index (χ3v) is 1.84. The Morgan fingerprint density at radius 3 is 2.54 bits per heavy atom. The predicted molar refractivity (Wildman–Crippen MR) is 51.1 cm³/mol. The second kappa shape index (κ2) is 7.41. The normalized spacial score (nSPS) is 9.38. The summed E-state index contributed by atoms with van der Waals surface area (Å²) in [6.07, 6.45) is 2.22. The van der Waals surface area contributed by atoms with Crippen LogP contribution < -0.4 is 10.6 Å². The van der Waals surface area contributed by atoms with Gasteiger partial charge in [0.25, 0.3) is 0 Å². The number of carbonyl (C=O) groups is 1. The molecule has 0 spiro atoms. The largest absolute Gasteiger partial charge is 0.337 e. The van der Waals surface area contributed by atoms with Gasteiger partial charge in [-0.2, -0.15) is 5.26 Å². The summed E-state index contributed by atoms with van der Waals surface area (Å²) in [5, 5.41) is 13.7. The molecule has 0 aliphatic rings. The van der Waals surface area contributed by atoms with Crippen molar-refractivity contribution >= 4 is 6.03 Å². The summed E-state index contributed by atoms with van der Waals surface area (Å²) >= 11 is 0. The number of nitrogens with one attached hydrogen (secondary N) is 2. The van der Waals surface area contributed by atoms with Crippen molar-refractivity contribution in [3.8, 4) is 6.07 Å². The monoisotopic (exact) mass is 183 g/mol. The number of urea groups is 1. The van der Waals surface area contributed by atoms with E-state index in [-0.39, 0.29) is 12.1 Å². The molecular weight excluding hydrogens is 166 g/mol. The van der Waals surface area contributed by atoms with Crippen LogP contribution in [0.5, 0.6) is 0 Å². The Morgan fingerprint density at radius 2 is 2.08 bits per heavy atom. The molecule has 0 aliphatic carbocycles. The van der Waals surface area contributed by atoms with E-state index in [1.807, 2.05) is 19.9 Å². The summed E-state index contributed by atoms with van der Waals surface area (Å²) in [7, 11) is 0. The molecule has 0 aromatic heterocycles. The predicted octanol–water partition coefficient (Wildman–Crippen LogP) is 1.39. The zero-order valence-corrected chi connectivity index (χ0v) is 8.26. The van der Waals surface area contributed by atoms with Crippen molar-refractivity contribution in [1.82, 2.24) is 10.6 Å². The number of nitrogens with zero attached hydrogens (tertiary/aromatic N) is 1. The van der Waals surface area contributed by atoms with Crippen LogP contribution in [0.3, 0.4) is 0 Å². The highest BCUT2D eigenvalue weighted by atomic mass is 16.2. The molecule has 74 valence electrons. The van der Waals surface area contributed by atoms with Crippen molar-refractivity contribution < 1.29 is 4.79 Å². The second-order valence-corrected chi connectivity index (χ2v) is 2.82. The van der Waals surface area contributed by atoms with E-state index >= 15 is 0 Å². The molecule has 0 bridgehead atoms. The van der Waals surface area contributed by atoms with Crippen molar-refractivity contribution in [3.05, 3.63) is 0 Å². The minimum Gasteiger partial charge on any atom is -0.337 e. The zero-order chi connectivity index (χ0) is 10.1. The molecule has 0 radical (unpaired) electrons. The van der Waals surface area contributed by atoms with E-state index in [2.05, 4.69) is 10.6 Å². The summed E-state index contributed by atoms with van der Waals surface area (Å²) in [4.78, 5) is 11.1. The SMILES string of the molecule is CCC(CC)NC(=O)NCCC#N. The first-order valence-corrected chi connectivity index (χ1v) is 4.65. The van der Waals surface area contributed by atoms with Crippen molar-refractivity contribution in [2.75, 3.05) is 6.54 Å². The van der Waals surface area contributed by atoms with Gasteiger partial charge in [0.2, 0.25) is 0 Å². The van der Waals surface area contributed by atoms with Gasteiger partial charge in [-0.25, -0.2) is 4.79 Å². The number of rotatable bonds is 5. The van der Waals surface area contributed by atoms with Crippen LogP contribution in [0.1, 0.15) is 33.1 Å². The van der Waals surface area contributed by atoms with Gasteiger partial charge >= 0.3 is 6.03 Å². The summed E-state index contributed by atoms with van der Waals surface area (Å²) in [5.74, 6) is 0. The number of nitriles is 1. The lowest BCUT2D eigenvalue weighted by atomic mass is 10.2. The van der Waals surface area contributed by atoms with Gasteiger partial charge in [0.1, 0.15) is 0 Å². The summed E-state index contributed by atoms with van der Waals surface area (Å²) in [5.41, 5.74) is 0. The Balaban J connectivity index is 3.55. The van der Waals surface area contributed by atoms with Crippen molar-refractivity contribution in [2.24, 2.45) is 0 Å². The van der Waals surface area contributed by atoms with Gasteiger partial charge in [-0.1, -0.05) is 13.8 Å². The number of carbonyl (C=O) groups excluding carboxylic acids is 1. The minimum atomic E-state index is -0.177. The number of amides is 2. The van der Waals surface area contributed by atoms with Crippen LogP contribution >= 0.6 is 0 Å². The van der Waals surface area contributed by atoms with E-state index in [9.17, 15) is 4.79 Å².